The number of rotatable bonds is 4. The molecule has 1 aromatic carbocycles. The van der Waals surface area contributed by atoms with Gasteiger partial charge in [-0.2, -0.15) is 0 Å². The van der Waals surface area contributed by atoms with E-state index in [-0.39, 0.29) is 5.76 Å². The van der Waals surface area contributed by atoms with Gasteiger partial charge in [-0.1, -0.05) is 29.8 Å². The Morgan fingerprint density at radius 3 is 2.50 bits per heavy atom. The first-order chi connectivity index (χ1) is 8.52. The van der Waals surface area contributed by atoms with Crippen molar-refractivity contribution in [3.63, 3.8) is 0 Å². The summed E-state index contributed by atoms with van der Waals surface area (Å²) in [6.45, 7) is 6.19. The summed E-state index contributed by atoms with van der Waals surface area (Å²) >= 11 is 0. The minimum atomic E-state index is 0.205. The van der Waals surface area contributed by atoms with Crippen LogP contribution in [-0.2, 0) is 6.54 Å². The van der Waals surface area contributed by atoms with Crippen LogP contribution < -0.4 is 5.32 Å². The fourth-order valence-corrected chi connectivity index (χ4v) is 1.47. The number of hydrogen-bond acceptors (Lipinski definition) is 2. The zero-order chi connectivity index (χ0) is 13.5. The molecule has 18 heavy (non-hydrogen) atoms. The maximum absolute atomic E-state index is 9.46. The number of nitrogens with one attached hydrogen (secondary N) is 2. The minimum absolute atomic E-state index is 0.205. The number of aliphatic hydroxyl groups is 1. The largest absolute Gasteiger partial charge is 0.508 e. The second kappa shape index (κ2) is 6.64. The molecule has 0 bridgehead atoms. The average molecular weight is 244 g/mol. The quantitative estimate of drug-likeness (QED) is 0.329. The van der Waals surface area contributed by atoms with Crippen molar-refractivity contribution in [2.45, 2.75) is 27.3 Å². The third-order valence-corrected chi connectivity index (χ3v) is 2.64. The van der Waals surface area contributed by atoms with Crippen LogP contribution >= 0.6 is 0 Å². The summed E-state index contributed by atoms with van der Waals surface area (Å²) in [5.74, 6) is 0.498. The first-order valence-corrected chi connectivity index (χ1v) is 5.95. The molecule has 0 fully saturated rings. The van der Waals surface area contributed by atoms with Gasteiger partial charge in [-0.15, -0.1) is 0 Å². The van der Waals surface area contributed by atoms with Crippen LogP contribution in [0, 0.1) is 12.3 Å². The van der Waals surface area contributed by atoms with Crippen LogP contribution in [0.1, 0.15) is 25.0 Å². The molecular weight excluding hydrogens is 224 g/mol. The standard InChI is InChI=1S/C15H20N2O/c1-4-14(18)12(3)9-15(16)17-10-13-7-5-11(2)6-8-13/h4-9,18H,10H2,1-3H3,(H2,16,17)/b12-9-,14-4+. The summed E-state index contributed by atoms with van der Waals surface area (Å²) in [5, 5.41) is 20.2. The van der Waals surface area contributed by atoms with E-state index in [0.29, 0.717) is 18.0 Å². The van der Waals surface area contributed by atoms with E-state index in [9.17, 15) is 5.11 Å². The molecular formula is C15H20N2O. The van der Waals surface area contributed by atoms with E-state index in [1.165, 1.54) is 5.56 Å². The maximum Gasteiger partial charge on any atom is 0.118 e. The van der Waals surface area contributed by atoms with E-state index in [4.69, 9.17) is 5.41 Å². The number of allylic oxidation sites excluding steroid dienone is 2. The fraction of sp³-hybridized carbons (Fsp3) is 0.267. The van der Waals surface area contributed by atoms with Crippen molar-refractivity contribution in [3.05, 3.63) is 58.9 Å². The maximum atomic E-state index is 9.46. The molecule has 3 nitrogen and oxygen atoms in total. The van der Waals surface area contributed by atoms with Gasteiger partial charge in [0.15, 0.2) is 0 Å². The molecule has 3 N–H and O–H groups in total. The van der Waals surface area contributed by atoms with Crippen molar-refractivity contribution >= 4 is 5.84 Å². The molecule has 0 aliphatic heterocycles. The van der Waals surface area contributed by atoms with Crippen LogP contribution in [0.4, 0.5) is 0 Å². The van der Waals surface area contributed by atoms with E-state index in [2.05, 4.69) is 5.32 Å². The van der Waals surface area contributed by atoms with E-state index in [1.807, 2.05) is 31.2 Å². The zero-order valence-electron chi connectivity index (χ0n) is 11.1. The van der Waals surface area contributed by atoms with Crippen molar-refractivity contribution in [1.82, 2.24) is 5.32 Å². The molecule has 1 rings (SSSR count). The molecule has 0 saturated heterocycles. The zero-order valence-corrected chi connectivity index (χ0v) is 11.1. The van der Waals surface area contributed by atoms with Crippen molar-refractivity contribution < 1.29 is 5.11 Å². The summed E-state index contributed by atoms with van der Waals surface area (Å²) in [4.78, 5) is 0. The van der Waals surface area contributed by atoms with Crippen LogP contribution in [0.15, 0.2) is 47.7 Å². The highest BCUT2D eigenvalue weighted by atomic mass is 16.3. The number of aryl methyl sites for hydroxylation is 1. The summed E-state index contributed by atoms with van der Waals surface area (Å²) in [7, 11) is 0. The predicted octanol–water partition coefficient (Wildman–Crippen LogP) is 3.47. The molecule has 1 aromatic rings. The average Bonchev–Trinajstić information content (AvgIpc) is 2.37. The Bertz CT molecular complexity index is 470. The molecule has 0 heterocycles. The topological polar surface area (TPSA) is 56.1 Å². The van der Waals surface area contributed by atoms with E-state index in [0.717, 1.165) is 5.56 Å². The molecule has 0 aromatic heterocycles. The first kappa shape index (κ1) is 14.0. The Morgan fingerprint density at radius 2 is 1.94 bits per heavy atom. The molecule has 0 aliphatic carbocycles. The lowest BCUT2D eigenvalue weighted by Crippen LogP contribution is -2.20. The third kappa shape index (κ3) is 4.45. The Hall–Kier alpha value is -2.03. The minimum Gasteiger partial charge on any atom is -0.508 e. The molecule has 0 spiro atoms. The van der Waals surface area contributed by atoms with Gasteiger partial charge in [0.2, 0.25) is 0 Å². The Kier molecular flexibility index (Phi) is 5.18. The molecule has 3 heteroatoms. The first-order valence-electron chi connectivity index (χ1n) is 5.95. The third-order valence-electron chi connectivity index (χ3n) is 2.64. The lowest BCUT2D eigenvalue weighted by molar-refractivity contribution is 0.422. The van der Waals surface area contributed by atoms with Gasteiger partial charge in [-0.05, 0) is 44.1 Å². The number of aliphatic hydroxyl groups excluding tert-OH is 1. The van der Waals surface area contributed by atoms with Crippen LogP contribution in [-0.4, -0.2) is 10.9 Å². The molecule has 0 atom stereocenters. The summed E-state index contributed by atoms with van der Waals surface area (Å²) in [5.41, 5.74) is 3.04. The second-order valence-electron chi connectivity index (χ2n) is 4.25. The normalized spacial score (nSPS) is 12.4. The Labute approximate surface area is 108 Å². The van der Waals surface area contributed by atoms with Crippen LogP contribution in [0.3, 0.4) is 0 Å². The van der Waals surface area contributed by atoms with Gasteiger partial charge in [0.25, 0.3) is 0 Å². The summed E-state index contributed by atoms with van der Waals surface area (Å²) in [6, 6.07) is 8.17. The number of amidine groups is 1. The van der Waals surface area contributed by atoms with Gasteiger partial charge < -0.3 is 10.4 Å². The second-order valence-corrected chi connectivity index (χ2v) is 4.25. The molecule has 0 saturated carbocycles. The van der Waals surface area contributed by atoms with Crippen LogP contribution in [0.2, 0.25) is 0 Å². The van der Waals surface area contributed by atoms with Crippen molar-refractivity contribution in [1.29, 1.82) is 5.41 Å². The smallest absolute Gasteiger partial charge is 0.118 e. The molecule has 96 valence electrons. The van der Waals surface area contributed by atoms with Crippen LogP contribution in [0.25, 0.3) is 0 Å². The van der Waals surface area contributed by atoms with Crippen molar-refractivity contribution in [2.24, 2.45) is 0 Å². The SMILES string of the molecule is C/C=C(O)\C(C)=C/C(=N)NCc1ccc(C)cc1. The monoisotopic (exact) mass is 244 g/mol. The molecule has 0 aliphatic rings. The fourth-order valence-electron chi connectivity index (χ4n) is 1.47. The van der Waals surface area contributed by atoms with Gasteiger partial charge in [0, 0.05) is 6.54 Å². The van der Waals surface area contributed by atoms with E-state index in [1.54, 1.807) is 26.0 Å². The van der Waals surface area contributed by atoms with Gasteiger partial charge >= 0.3 is 0 Å². The van der Waals surface area contributed by atoms with E-state index >= 15 is 0 Å². The molecule has 0 amide bonds. The highest BCUT2D eigenvalue weighted by Gasteiger charge is 1.98. The van der Waals surface area contributed by atoms with E-state index < -0.39 is 0 Å². The van der Waals surface area contributed by atoms with Gasteiger partial charge in [0.1, 0.15) is 11.6 Å². The number of benzene rings is 1. The number of hydrogen-bond donors (Lipinski definition) is 3. The van der Waals surface area contributed by atoms with Crippen molar-refractivity contribution in [2.75, 3.05) is 0 Å². The van der Waals surface area contributed by atoms with Crippen LogP contribution in [0.5, 0.6) is 0 Å². The molecule has 0 radical (unpaired) electrons. The van der Waals surface area contributed by atoms with Gasteiger partial charge in [-0.3, -0.25) is 5.41 Å². The summed E-state index contributed by atoms with van der Waals surface area (Å²) in [6.07, 6.45) is 3.22. The lowest BCUT2D eigenvalue weighted by Gasteiger charge is -2.06. The summed E-state index contributed by atoms with van der Waals surface area (Å²) < 4.78 is 0. The highest BCUT2D eigenvalue weighted by Crippen LogP contribution is 2.05. The molecule has 0 unspecified atom stereocenters. The predicted molar refractivity (Wildman–Crippen MR) is 75.9 cm³/mol. The van der Waals surface area contributed by atoms with Crippen molar-refractivity contribution in [3.8, 4) is 0 Å². The van der Waals surface area contributed by atoms with Gasteiger partial charge in [0.05, 0.1) is 0 Å². The highest BCUT2D eigenvalue weighted by molar-refractivity contribution is 5.91. The Morgan fingerprint density at radius 1 is 1.33 bits per heavy atom. The van der Waals surface area contributed by atoms with Gasteiger partial charge in [-0.25, -0.2) is 0 Å². The Balaban J connectivity index is 2.54. The lowest BCUT2D eigenvalue weighted by atomic mass is 10.1.